The third-order valence-corrected chi connectivity index (χ3v) is 5.72. The van der Waals surface area contributed by atoms with Gasteiger partial charge in [0.2, 0.25) is 0 Å². The van der Waals surface area contributed by atoms with Gasteiger partial charge in [0, 0.05) is 57.2 Å². The highest BCUT2D eigenvalue weighted by atomic mass is 32.1. The lowest BCUT2D eigenvalue weighted by Crippen LogP contribution is -2.52. The maximum absolute atomic E-state index is 12.2. The minimum Gasteiger partial charge on any atom is -0.337 e. The molecule has 2 amide bonds. The summed E-state index contributed by atoms with van der Waals surface area (Å²) in [6.45, 7) is 10.8. The highest BCUT2D eigenvalue weighted by Crippen LogP contribution is 2.23. The van der Waals surface area contributed by atoms with E-state index in [9.17, 15) is 4.79 Å². The van der Waals surface area contributed by atoms with Crippen LogP contribution in [-0.2, 0) is 13.0 Å². The number of amides is 2. The van der Waals surface area contributed by atoms with Gasteiger partial charge in [0.25, 0.3) is 0 Å². The number of nitrogens with zero attached hydrogens (tertiary/aromatic N) is 3. The van der Waals surface area contributed by atoms with Gasteiger partial charge in [-0.15, -0.1) is 11.3 Å². The van der Waals surface area contributed by atoms with E-state index in [4.69, 9.17) is 0 Å². The number of thiophene rings is 1. The topological polar surface area (TPSA) is 38.8 Å². The summed E-state index contributed by atoms with van der Waals surface area (Å²) in [5, 5.41) is 5.27. The van der Waals surface area contributed by atoms with E-state index >= 15 is 0 Å². The zero-order chi connectivity index (χ0) is 15.4. The van der Waals surface area contributed by atoms with Crippen LogP contribution < -0.4 is 5.32 Å². The van der Waals surface area contributed by atoms with Gasteiger partial charge in [-0.2, -0.15) is 0 Å². The molecule has 1 fully saturated rings. The molecule has 1 saturated heterocycles. The number of fused-ring (bicyclic) bond motifs is 1. The van der Waals surface area contributed by atoms with Gasteiger partial charge in [0.1, 0.15) is 0 Å². The molecule has 0 saturated carbocycles. The molecular weight excluding hydrogens is 296 g/mol. The number of hydrogen-bond donors (Lipinski definition) is 1. The summed E-state index contributed by atoms with van der Waals surface area (Å²) in [6.07, 6.45) is 1.15. The van der Waals surface area contributed by atoms with Crippen LogP contribution in [0.4, 0.5) is 4.79 Å². The van der Waals surface area contributed by atoms with Crippen LogP contribution in [0.15, 0.2) is 11.4 Å². The Balaban J connectivity index is 1.36. The van der Waals surface area contributed by atoms with Crippen molar-refractivity contribution in [1.29, 1.82) is 0 Å². The summed E-state index contributed by atoms with van der Waals surface area (Å²) >= 11 is 1.87. The van der Waals surface area contributed by atoms with Crippen LogP contribution >= 0.6 is 11.3 Å². The van der Waals surface area contributed by atoms with Gasteiger partial charge in [0.15, 0.2) is 0 Å². The highest BCUT2D eigenvalue weighted by Gasteiger charge is 2.20. The Morgan fingerprint density at radius 3 is 2.82 bits per heavy atom. The van der Waals surface area contributed by atoms with Crippen molar-refractivity contribution in [3.8, 4) is 0 Å². The molecule has 0 atom stereocenters. The zero-order valence-corrected chi connectivity index (χ0v) is 14.2. The van der Waals surface area contributed by atoms with E-state index in [1.807, 2.05) is 16.2 Å². The van der Waals surface area contributed by atoms with Crippen molar-refractivity contribution in [2.75, 3.05) is 52.4 Å². The normalized spacial score (nSPS) is 20.0. The molecule has 22 heavy (non-hydrogen) atoms. The van der Waals surface area contributed by atoms with Gasteiger partial charge < -0.3 is 15.1 Å². The third-order valence-electron chi connectivity index (χ3n) is 4.70. The van der Waals surface area contributed by atoms with Crippen LogP contribution in [0, 0.1) is 0 Å². The molecule has 0 bridgehead atoms. The fourth-order valence-electron chi connectivity index (χ4n) is 3.20. The fraction of sp³-hybridized carbons (Fsp3) is 0.688. The first-order valence-electron chi connectivity index (χ1n) is 8.29. The molecule has 0 aromatic carbocycles. The summed E-state index contributed by atoms with van der Waals surface area (Å²) in [5.41, 5.74) is 1.47. The predicted octanol–water partition coefficient (Wildman–Crippen LogP) is 1.45. The molecule has 122 valence electrons. The molecular formula is C16H26N4OS. The van der Waals surface area contributed by atoms with Crippen LogP contribution in [-0.4, -0.2) is 73.1 Å². The summed E-state index contributed by atoms with van der Waals surface area (Å²) in [7, 11) is 0. The Morgan fingerprint density at radius 2 is 2.05 bits per heavy atom. The zero-order valence-electron chi connectivity index (χ0n) is 13.4. The number of piperazine rings is 1. The molecule has 1 N–H and O–H groups in total. The molecule has 3 rings (SSSR count). The molecule has 1 aromatic heterocycles. The van der Waals surface area contributed by atoms with Gasteiger partial charge in [-0.25, -0.2) is 4.79 Å². The maximum atomic E-state index is 12.2. The summed E-state index contributed by atoms with van der Waals surface area (Å²) < 4.78 is 0. The monoisotopic (exact) mass is 322 g/mol. The molecule has 0 spiro atoms. The molecule has 2 aliphatic rings. The van der Waals surface area contributed by atoms with E-state index < -0.39 is 0 Å². The Morgan fingerprint density at radius 1 is 1.23 bits per heavy atom. The van der Waals surface area contributed by atoms with E-state index in [1.165, 1.54) is 10.4 Å². The first-order valence-corrected chi connectivity index (χ1v) is 9.17. The summed E-state index contributed by atoms with van der Waals surface area (Å²) in [4.78, 5) is 20.5. The first-order chi connectivity index (χ1) is 10.8. The number of urea groups is 1. The number of carbonyl (C=O) groups excluding carboxylic acids is 1. The fourth-order valence-corrected chi connectivity index (χ4v) is 4.09. The second-order valence-electron chi connectivity index (χ2n) is 6.05. The average Bonchev–Trinajstić information content (AvgIpc) is 3.02. The lowest BCUT2D eigenvalue weighted by atomic mass is 10.1. The van der Waals surface area contributed by atoms with E-state index in [0.29, 0.717) is 0 Å². The van der Waals surface area contributed by atoms with E-state index in [0.717, 1.165) is 65.3 Å². The molecule has 0 radical (unpaired) electrons. The quantitative estimate of drug-likeness (QED) is 0.912. The Kier molecular flexibility index (Phi) is 5.33. The number of hydrogen-bond acceptors (Lipinski definition) is 4. The Bertz CT molecular complexity index is 496. The van der Waals surface area contributed by atoms with Gasteiger partial charge in [0.05, 0.1) is 0 Å². The average molecular weight is 322 g/mol. The second kappa shape index (κ2) is 7.44. The second-order valence-corrected chi connectivity index (χ2v) is 7.05. The molecule has 5 nitrogen and oxygen atoms in total. The van der Waals surface area contributed by atoms with E-state index in [2.05, 4.69) is 33.5 Å². The van der Waals surface area contributed by atoms with Gasteiger partial charge in [-0.3, -0.25) is 4.90 Å². The largest absolute Gasteiger partial charge is 0.337 e. The smallest absolute Gasteiger partial charge is 0.317 e. The molecule has 1 aromatic rings. The van der Waals surface area contributed by atoms with Crippen molar-refractivity contribution in [1.82, 2.24) is 20.0 Å². The molecule has 0 aliphatic carbocycles. The van der Waals surface area contributed by atoms with Crippen molar-refractivity contribution in [2.45, 2.75) is 19.9 Å². The number of likely N-dealkylation sites (N-methyl/N-ethyl adjacent to an activating group) is 1. The Hall–Kier alpha value is -1.11. The van der Waals surface area contributed by atoms with Crippen molar-refractivity contribution in [3.63, 3.8) is 0 Å². The van der Waals surface area contributed by atoms with Gasteiger partial charge >= 0.3 is 6.03 Å². The molecule has 6 heteroatoms. The van der Waals surface area contributed by atoms with Crippen LogP contribution in [0.2, 0.25) is 0 Å². The van der Waals surface area contributed by atoms with Gasteiger partial charge in [-0.1, -0.05) is 6.92 Å². The van der Waals surface area contributed by atoms with E-state index in [-0.39, 0.29) is 6.03 Å². The third kappa shape index (κ3) is 3.80. The van der Waals surface area contributed by atoms with Crippen molar-refractivity contribution in [2.24, 2.45) is 0 Å². The SMILES string of the molecule is CCN1CCN(C(=O)NCCN2CCc3sccc3C2)CC1. The van der Waals surface area contributed by atoms with Crippen LogP contribution in [0.3, 0.4) is 0 Å². The van der Waals surface area contributed by atoms with Crippen LogP contribution in [0.25, 0.3) is 0 Å². The van der Waals surface area contributed by atoms with Crippen LogP contribution in [0.5, 0.6) is 0 Å². The van der Waals surface area contributed by atoms with Crippen molar-refractivity contribution in [3.05, 3.63) is 21.9 Å². The van der Waals surface area contributed by atoms with Crippen molar-refractivity contribution >= 4 is 17.4 Å². The molecule has 0 unspecified atom stereocenters. The maximum Gasteiger partial charge on any atom is 0.317 e. The first kappa shape index (κ1) is 15.8. The molecule has 3 heterocycles. The standard InChI is InChI=1S/C16H26N4OS/c1-2-18-8-10-20(11-9-18)16(21)17-5-7-19-6-3-15-14(13-19)4-12-22-15/h4,12H,2-3,5-11,13H2,1H3,(H,17,21). The lowest BCUT2D eigenvalue weighted by molar-refractivity contribution is 0.141. The summed E-state index contributed by atoms with van der Waals surface area (Å²) in [6, 6.07) is 2.33. The Labute approximate surface area is 136 Å². The number of nitrogens with one attached hydrogen (secondary N) is 1. The highest BCUT2D eigenvalue weighted by molar-refractivity contribution is 7.10. The number of carbonyl (C=O) groups is 1. The minimum atomic E-state index is 0.101. The van der Waals surface area contributed by atoms with Gasteiger partial charge in [-0.05, 0) is 30.0 Å². The van der Waals surface area contributed by atoms with E-state index in [1.54, 1.807) is 0 Å². The predicted molar refractivity (Wildman–Crippen MR) is 90.4 cm³/mol. The minimum absolute atomic E-state index is 0.101. The number of rotatable bonds is 4. The molecule has 2 aliphatic heterocycles. The van der Waals surface area contributed by atoms with Crippen molar-refractivity contribution < 1.29 is 4.79 Å². The lowest BCUT2D eigenvalue weighted by Gasteiger charge is -2.34. The van der Waals surface area contributed by atoms with Crippen LogP contribution in [0.1, 0.15) is 17.4 Å². The summed E-state index contributed by atoms with van der Waals surface area (Å²) in [5.74, 6) is 0.